The van der Waals surface area contributed by atoms with Crippen molar-refractivity contribution < 1.29 is 5.11 Å². The van der Waals surface area contributed by atoms with Crippen LogP contribution in [0.25, 0.3) is 0 Å². The molecule has 0 atom stereocenters. The van der Waals surface area contributed by atoms with E-state index >= 15 is 0 Å². The molecule has 2 N–H and O–H groups in total. The molecule has 1 aliphatic heterocycles. The van der Waals surface area contributed by atoms with E-state index in [4.69, 9.17) is 0 Å². The number of likely N-dealkylation sites (tertiary alicyclic amines) is 1. The van der Waals surface area contributed by atoms with Crippen molar-refractivity contribution in [2.45, 2.75) is 38.2 Å². The molecule has 3 heteroatoms. The lowest BCUT2D eigenvalue weighted by Gasteiger charge is -2.38. The average Bonchev–Trinajstić information content (AvgIpc) is 2.17. The highest BCUT2D eigenvalue weighted by molar-refractivity contribution is 4.87. The SMILES string of the molecule is CCCCN1CCC(O)(CNC)CC1. The van der Waals surface area contributed by atoms with Crippen LogP contribution in [0.15, 0.2) is 0 Å². The summed E-state index contributed by atoms with van der Waals surface area (Å²) in [6.45, 7) is 6.26. The molecule has 3 nitrogen and oxygen atoms in total. The molecule has 1 fully saturated rings. The third-order valence-electron chi connectivity index (χ3n) is 3.12. The van der Waals surface area contributed by atoms with E-state index in [1.165, 1.54) is 19.4 Å². The minimum Gasteiger partial charge on any atom is -0.388 e. The summed E-state index contributed by atoms with van der Waals surface area (Å²) in [4.78, 5) is 2.47. The third kappa shape index (κ3) is 3.56. The minimum atomic E-state index is -0.447. The van der Waals surface area contributed by atoms with Gasteiger partial charge in [0.25, 0.3) is 0 Å². The lowest BCUT2D eigenvalue weighted by Crippen LogP contribution is -2.49. The largest absolute Gasteiger partial charge is 0.388 e. The Bertz CT molecular complexity index is 153. The van der Waals surface area contributed by atoms with Crippen LogP contribution in [0.1, 0.15) is 32.6 Å². The minimum absolute atomic E-state index is 0.447. The summed E-state index contributed by atoms with van der Waals surface area (Å²) >= 11 is 0. The zero-order valence-electron chi connectivity index (χ0n) is 9.55. The molecule has 0 aromatic heterocycles. The number of unbranched alkanes of at least 4 members (excludes halogenated alkanes) is 1. The molecule has 14 heavy (non-hydrogen) atoms. The van der Waals surface area contributed by atoms with Gasteiger partial charge < -0.3 is 15.3 Å². The van der Waals surface area contributed by atoms with Gasteiger partial charge in [-0.2, -0.15) is 0 Å². The van der Waals surface area contributed by atoms with Crippen LogP contribution < -0.4 is 5.32 Å². The zero-order chi connectivity index (χ0) is 10.4. The Balaban J connectivity index is 2.23. The van der Waals surface area contributed by atoms with E-state index in [1.807, 2.05) is 7.05 Å². The lowest BCUT2D eigenvalue weighted by atomic mass is 9.91. The number of hydrogen-bond donors (Lipinski definition) is 2. The van der Waals surface area contributed by atoms with Crippen LogP contribution >= 0.6 is 0 Å². The molecule has 1 heterocycles. The number of hydrogen-bond acceptors (Lipinski definition) is 3. The van der Waals surface area contributed by atoms with Crippen molar-refractivity contribution in [3.63, 3.8) is 0 Å². The number of nitrogens with one attached hydrogen (secondary N) is 1. The summed E-state index contributed by atoms with van der Waals surface area (Å²) in [6.07, 6.45) is 4.37. The summed E-state index contributed by atoms with van der Waals surface area (Å²) in [6, 6.07) is 0. The van der Waals surface area contributed by atoms with Crippen LogP contribution in [0.4, 0.5) is 0 Å². The second-order valence-electron chi connectivity index (χ2n) is 4.45. The van der Waals surface area contributed by atoms with E-state index in [0.717, 1.165) is 32.5 Å². The fourth-order valence-corrected chi connectivity index (χ4v) is 2.08. The van der Waals surface area contributed by atoms with Gasteiger partial charge in [-0.05, 0) is 32.9 Å². The molecule has 0 amide bonds. The molecule has 0 saturated carbocycles. The predicted octanol–water partition coefficient (Wildman–Crippen LogP) is 0.833. The Morgan fingerprint density at radius 1 is 1.36 bits per heavy atom. The van der Waals surface area contributed by atoms with Gasteiger partial charge in [0.05, 0.1) is 5.60 Å². The monoisotopic (exact) mass is 200 g/mol. The van der Waals surface area contributed by atoms with Crippen molar-refractivity contribution in [1.82, 2.24) is 10.2 Å². The summed E-state index contributed by atoms with van der Waals surface area (Å²) in [5, 5.41) is 13.2. The molecule has 1 aliphatic rings. The molecule has 0 unspecified atom stereocenters. The van der Waals surface area contributed by atoms with Gasteiger partial charge in [-0.1, -0.05) is 13.3 Å². The molecule has 0 spiro atoms. The Labute approximate surface area is 87.5 Å². The maximum atomic E-state index is 10.1. The smallest absolute Gasteiger partial charge is 0.0795 e. The van der Waals surface area contributed by atoms with Crippen LogP contribution in [-0.2, 0) is 0 Å². The van der Waals surface area contributed by atoms with Gasteiger partial charge in [0.15, 0.2) is 0 Å². The molecule has 1 rings (SSSR count). The number of likely N-dealkylation sites (N-methyl/N-ethyl adjacent to an activating group) is 1. The van der Waals surface area contributed by atoms with E-state index in [0.29, 0.717) is 0 Å². The van der Waals surface area contributed by atoms with Crippen LogP contribution in [0.5, 0.6) is 0 Å². The summed E-state index contributed by atoms with van der Waals surface area (Å²) in [5.74, 6) is 0. The maximum absolute atomic E-state index is 10.1. The standard InChI is InChI=1S/C11H24N2O/c1-3-4-7-13-8-5-11(14,6-9-13)10-12-2/h12,14H,3-10H2,1-2H3. The van der Waals surface area contributed by atoms with Crippen molar-refractivity contribution in [3.8, 4) is 0 Å². The fourth-order valence-electron chi connectivity index (χ4n) is 2.08. The molecule has 1 saturated heterocycles. The normalized spacial score (nSPS) is 22.5. The Hall–Kier alpha value is -0.120. The average molecular weight is 200 g/mol. The molecule has 0 radical (unpaired) electrons. The molecule has 0 aliphatic carbocycles. The fraction of sp³-hybridized carbons (Fsp3) is 1.00. The van der Waals surface area contributed by atoms with E-state index < -0.39 is 5.60 Å². The van der Waals surface area contributed by atoms with Gasteiger partial charge in [0, 0.05) is 19.6 Å². The van der Waals surface area contributed by atoms with Gasteiger partial charge in [-0.3, -0.25) is 0 Å². The first-order chi connectivity index (χ1) is 6.70. The van der Waals surface area contributed by atoms with Gasteiger partial charge in [-0.25, -0.2) is 0 Å². The van der Waals surface area contributed by atoms with Gasteiger partial charge in [-0.15, -0.1) is 0 Å². The summed E-state index contributed by atoms with van der Waals surface area (Å²) in [5.41, 5.74) is -0.447. The third-order valence-corrected chi connectivity index (χ3v) is 3.12. The zero-order valence-corrected chi connectivity index (χ0v) is 9.55. The van der Waals surface area contributed by atoms with Crippen molar-refractivity contribution >= 4 is 0 Å². The Morgan fingerprint density at radius 3 is 2.50 bits per heavy atom. The van der Waals surface area contributed by atoms with Crippen LogP contribution in [0.2, 0.25) is 0 Å². The number of aliphatic hydroxyl groups is 1. The quantitative estimate of drug-likeness (QED) is 0.690. The van der Waals surface area contributed by atoms with Gasteiger partial charge in [0.2, 0.25) is 0 Å². The number of rotatable bonds is 5. The van der Waals surface area contributed by atoms with Crippen LogP contribution in [0.3, 0.4) is 0 Å². The molecule has 0 aromatic rings. The second kappa shape index (κ2) is 5.69. The highest BCUT2D eigenvalue weighted by Gasteiger charge is 2.30. The van der Waals surface area contributed by atoms with E-state index in [9.17, 15) is 5.11 Å². The predicted molar refractivity (Wildman–Crippen MR) is 59.5 cm³/mol. The number of nitrogens with zero attached hydrogens (tertiary/aromatic N) is 1. The lowest BCUT2D eigenvalue weighted by molar-refractivity contribution is -0.0186. The van der Waals surface area contributed by atoms with E-state index in [1.54, 1.807) is 0 Å². The Morgan fingerprint density at radius 2 is 2.00 bits per heavy atom. The maximum Gasteiger partial charge on any atom is 0.0795 e. The van der Waals surface area contributed by atoms with E-state index in [-0.39, 0.29) is 0 Å². The summed E-state index contributed by atoms with van der Waals surface area (Å²) in [7, 11) is 1.90. The van der Waals surface area contributed by atoms with E-state index in [2.05, 4.69) is 17.1 Å². The molecule has 0 bridgehead atoms. The molecule has 0 aromatic carbocycles. The second-order valence-corrected chi connectivity index (χ2v) is 4.45. The molecular formula is C11H24N2O. The van der Waals surface area contributed by atoms with Crippen molar-refractivity contribution in [1.29, 1.82) is 0 Å². The first-order valence-corrected chi connectivity index (χ1v) is 5.79. The van der Waals surface area contributed by atoms with Crippen molar-refractivity contribution in [2.24, 2.45) is 0 Å². The Kier molecular flexibility index (Phi) is 4.85. The number of piperidine rings is 1. The van der Waals surface area contributed by atoms with Crippen molar-refractivity contribution in [2.75, 3.05) is 33.2 Å². The van der Waals surface area contributed by atoms with Crippen LogP contribution in [-0.4, -0.2) is 48.8 Å². The topological polar surface area (TPSA) is 35.5 Å². The first-order valence-electron chi connectivity index (χ1n) is 5.79. The highest BCUT2D eigenvalue weighted by Crippen LogP contribution is 2.21. The molecular weight excluding hydrogens is 176 g/mol. The molecule has 84 valence electrons. The van der Waals surface area contributed by atoms with Crippen molar-refractivity contribution in [3.05, 3.63) is 0 Å². The summed E-state index contributed by atoms with van der Waals surface area (Å²) < 4.78 is 0. The van der Waals surface area contributed by atoms with Crippen LogP contribution in [0, 0.1) is 0 Å². The first kappa shape index (κ1) is 12.0. The van der Waals surface area contributed by atoms with Gasteiger partial charge >= 0.3 is 0 Å². The highest BCUT2D eigenvalue weighted by atomic mass is 16.3. The van der Waals surface area contributed by atoms with Gasteiger partial charge in [0.1, 0.15) is 0 Å².